The molecule has 0 spiro atoms. The number of halogens is 1. The number of hydrogen-bond donors (Lipinski definition) is 1. The molecule has 0 saturated heterocycles. The van der Waals surface area contributed by atoms with Gasteiger partial charge in [0.05, 0.1) is 5.75 Å². The van der Waals surface area contributed by atoms with Crippen molar-refractivity contribution in [2.75, 3.05) is 11.1 Å². The van der Waals surface area contributed by atoms with E-state index in [4.69, 9.17) is 23.8 Å². The Morgan fingerprint density at radius 2 is 1.82 bits per heavy atom. The highest BCUT2D eigenvalue weighted by atomic mass is 35.5. The van der Waals surface area contributed by atoms with Crippen molar-refractivity contribution in [3.8, 4) is 5.69 Å². The minimum atomic E-state index is -0.259. The van der Waals surface area contributed by atoms with Crippen LogP contribution in [0, 0.1) is 3.95 Å². The van der Waals surface area contributed by atoms with Crippen molar-refractivity contribution in [3.63, 3.8) is 0 Å². The summed E-state index contributed by atoms with van der Waals surface area (Å²) in [5, 5.41) is 3.76. The first kappa shape index (κ1) is 23.4. The van der Waals surface area contributed by atoms with Gasteiger partial charge in [-0.2, -0.15) is 0 Å². The van der Waals surface area contributed by atoms with Crippen LogP contribution in [0.15, 0.2) is 58.5 Å². The lowest BCUT2D eigenvalue weighted by atomic mass is 10.1. The minimum absolute atomic E-state index is 0.0441. The van der Waals surface area contributed by atoms with E-state index in [1.807, 2.05) is 0 Å². The van der Waals surface area contributed by atoms with Gasteiger partial charge in [-0.05, 0) is 67.7 Å². The zero-order valence-electron chi connectivity index (χ0n) is 17.5. The summed E-state index contributed by atoms with van der Waals surface area (Å²) in [6.45, 7) is 1.48. The number of benzene rings is 2. The molecule has 0 unspecified atom stereocenters. The number of Topliss-reactive ketones (excluding diaryl/α,β-unsaturated/α-hetero) is 1. The zero-order chi connectivity index (χ0) is 23.7. The first-order chi connectivity index (χ1) is 15.7. The van der Waals surface area contributed by atoms with Crippen LogP contribution in [0.3, 0.4) is 0 Å². The molecule has 2 aromatic carbocycles. The average Bonchev–Trinajstić information content (AvgIpc) is 3.12. The predicted molar refractivity (Wildman–Crippen MR) is 136 cm³/mol. The molecule has 2 heterocycles. The van der Waals surface area contributed by atoms with Gasteiger partial charge in [-0.1, -0.05) is 34.7 Å². The van der Waals surface area contributed by atoms with E-state index in [1.54, 1.807) is 60.1 Å². The van der Waals surface area contributed by atoms with Crippen LogP contribution in [0.5, 0.6) is 0 Å². The van der Waals surface area contributed by atoms with Crippen LogP contribution in [0.25, 0.3) is 16.0 Å². The quantitative estimate of drug-likeness (QED) is 0.166. The first-order valence-electron chi connectivity index (χ1n) is 9.67. The van der Waals surface area contributed by atoms with Crippen LogP contribution >= 0.6 is 46.9 Å². The van der Waals surface area contributed by atoms with Gasteiger partial charge < -0.3 is 5.32 Å². The maximum Gasteiger partial charge on any atom is 0.273 e. The Labute approximate surface area is 207 Å². The van der Waals surface area contributed by atoms with E-state index in [2.05, 4.69) is 10.3 Å². The van der Waals surface area contributed by atoms with Crippen molar-refractivity contribution in [1.29, 1.82) is 0 Å². The van der Waals surface area contributed by atoms with E-state index < -0.39 is 0 Å². The van der Waals surface area contributed by atoms with Gasteiger partial charge >= 0.3 is 0 Å². The van der Waals surface area contributed by atoms with Gasteiger partial charge in [0.25, 0.3) is 5.56 Å². The molecule has 7 nitrogen and oxygen atoms in total. The highest BCUT2D eigenvalue weighted by molar-refractivity contribution is 7.99. The summed E-state index contributed by atoms with van der Waals surface area (Å²) in [6, 6.07) is 13.8. The fourth-order valence-corrected chi connectivity index (χ4v) is 5.31. The molecule has 1 N–H and O–H groups in total. The van der Waals surface area contributed by atoms with Gasteiger partial charge in [-0.25, -0.2) is 4.98 Å². The molecular formula is C22H17ClN4O3S3. The number of carbonyl (C=O) groups is 2. The lowest BCUT2D eigenvalue weighted by Gasteiger charge is -2.10. The van der Waals surface area contributed by atoms with Gasteiger partial charge in [0, 0.05) is 29.0 Å². The number of fused-ring (bicyclic) bond motifs is 1. The van der Waals surface area contributed by atoms with Crippen LogP contribution in [0.4, 0.5) is 5.69 Å². The number of hydrogen-bond acceptors (Lipinski definition) is 7. The second-order valence-electron chi connectivity index (χ2n) is 7.06. The average molecular weight is 517 g/mol. The summed E-state index contributed by atoms with van der Waals surface area (Å²) in [4.78, 5) is 41.4. The van der Waals surface area contributed by atoms with Crippen molar-refractivity contribution in [2.24, 2.45) is 7.05 Å². The summed E-state index contributed by atoms with van der Waals surface area (Å²) in [7, 11) is 1.62. The lowest BCUT2D eigenvalue weighted by Crippen LogP contribution is -2.21. The van der Waals surface area contributed by atoms with Gasteiger partial charge in [0.15, 0.2) is 20.5 Å². The molecule has 0 radical (unpaired) electrons. The smallest absolute Gasteiger partial charge is 0.273 e. The van der Waals surface area contributed by atoms with Crippen LogP contribution in [0.1, 0.15) is 17.3 Å². The molecule has 168 valence electrons. The van der Waals surface area contributed by atoms with E-state index in [9.17, 15) is 14.4 Å². The molecule has 0 bridgehead atoms. The predicted octanol–water partition coefficient (Wildman–Crippen LogP) is 5.10. The Balaban J connectivity index is 1.59. The van der Waals surface area contributed by atoms with Crippen LogP contribution in [0.2, 0.25) is 5.02 Å². The summed E-state index contributed by atoms with van der Waals surface area (Å²) in [5.41, 5.74) is 2.11. The topological polar surface area (TPSA) is 86.0 Å². The SMILES string of the molecule is CC(=O)c1ccc(NC(=O)CSc2nc3c(sc(=S)n3-c3ccc(Cl)cc3)c(=O)n2C)cc1. The largest absolute Gasteiger partial charge is 0.325 e. The molecule has 0 fully saturated rings. The van der Waals surface area contributed by atoms with E-state index >= 15 is 0 Å². The number of rotatable bonds is 6. The second kappa shape index (κ2) is 9.60. The maximum absolute atomic E-state index is 12.9. The number of thiazole rings is 1. The molecule has 0 aliphatic carbocycles. The van der Waals surface area contributed by atoms with E-state index in [1.165, 1.54) is 22.8 Å². The summed E-state index contributed by atoms with van der Waals surface area (Å²) in [6.07, 6.45) is 0. The Morgan fingerprint density at radius 1 is 1.15 bits per heavy atom. The number of nitrogens with one attached hydrogen (secondary N) is 1. The second-order valence-corrected chi connectivity index (χ2v) is 10.1. The molecular weight excluding hydrogens is 500 g/mol. The van der Waals surface area contributed by atoms with Gasteiger partial charge in [-0.3, -0.25) is 23.5 Å². The molecule has 1 amide bonds. The van der Waals surface area contributed by atoms with Gasteiger partial charge in [-0.15, -0.1) is 0 Å². The Morgan fingerprint density at radius 3 is 2.45 bits per heavy atom. The normalized spacial score (nSPS) is 11.0. The number of amides is 1. The van der Waals surface area contributed by atoms with Crippen LogP contribution < -0.4 is 10.9 Å². The molecule has 33 heavy (non-hydrogen) atoms. The van der Waals surface area contributed by atoms with Crippen molar-refractivity contribution in [3.05, 3.63) is 73.4 Å². The Bertz CT molecular complexity index is 1490. The van der Waals surface area contributed by atoms with Crippen LogP contribution in [-0.4, -0.2) is 31.6 Å². The number of thioether (sulfide) groups is 1. The third kappa shape index (κ3) is 4.93. The summed E-state index contributed by atoms with van der Waals surface area (Å²) >= 11 is 13.8. The molecule has 0 atom stereocenters. The fraction of sp³-hybridized carbons (Fsp3) is 0.136. The first-order valence-corrected chi connectivity index (χ1v) is 12.3. The minimum Gasteiger partial charge on any atom is -0.325 e. The zero-order valence-corrected chi connectivity index (χ0v) is 20.7. The number of anilines is 1. The molecule has 0 aliphatic heterocycles. The number of nitrogens with zero attached hydrogens (tertiary/aromatic N) is 3. The maximum atomic E-state index is 12.9. The summed E-state index contributed by atoms with van der Waals surface area (Å²) < 4.78 is 4.08. The summed E-state index contributed by atoms with van der Waals surface area (Å²) in [5.74, 6) is -0.256. The Kier molecular flexibility index (Phi) is 6.80. The number of aromatic nitrogens is 3. The molecule has 4 rings (SSSR count). The van der Waals surface area contributed by atoms with Gasteiger partial charge in [0.1, 0.15) is 4.70 Å². The number of ketones is 1. The fourth-order valence-electron chi connectivity index (χ4n) is 3.07. The third-order valence-electron chi connectivity index (χ3n) is 4.77. The van der Waals surface area contributed by atoms with E-state index in [0.29, 0.717) is 35.7 Å². The van der Waals surface area contributed by atoms with Crippen molar-refractivity contribution in [1.82, 2.24) is 14.1 Å². The van der Waals surface area contributed by atoms with E-state index in [0.717, 1.165) is 17.4 Å². The molecule has 4 aromatic rings. The monoisotopic (exact) mass is 516 g/mol. The van der Waals surface area contributed by atoms with Crippen molar-refractivity contribution < 1.29 is 9.59 Å². The van der Waals surface area contributed by atoms with Crippen molar-refractivity contribution >= 4 is 74.6 Å². The Hall–Kier alpha value is -2.79. The number of carbonyl (C=O) groups excluding carboxylic acids is 2. The van der Waals surface area contributed by atoms with Gasteiger partial charge in [0.2, 0.25) is 5.91 Å². The molecule has 11 heteroatoms. The lowest BCUT2D eigenvalue weighted by molar-refractivity contribution is -0.113. The highest BCUT2D eigenvalue weighted by Gasteiger charge is 2.17. The van der Waals surface area contributed by atoms with Crippen LogP contribution in [-0.2, 0) is 11.8 Å². The standard InChI is InChI=1S/C22H17ClN4O3S3/c1-12(28)13-3-7-15(8-4-13)24-17(29)11-32-21-25-19-18(20(30)26(21)2)33-22(31)27(19)16-9-5-14(23)6-10-16/h3-10H,11H2,1-2H3,(H,24,29). The molecule has 0 aliphatic rings. The highest BCUT2D eigenvalue weighted by Crippen LogP contribution is 2.26. The third-order valence-corrected chi connectivity index (χ3v) is 7.40. The molecule has 0 saturated carbocycles. The molecule has 2 aromatic heterocycles. The van der Waals surface area contributed by atoms with E-state index in [-0.39, 0.29) is 23.0 Å². The van der Waals surface area contributed by atoms with Crippen molar-refractivity contribution in [2.45, 2.75) is 12.1 Å².